The first-order valence-corrected chi connectivity index (χ1v) is 16.0. The number of unbranched alkanes of at least 4 members (excludes halogenated alkanes) is 1. The first-order chi connectivity index (χ1) is 22.7. The molecule has 0 saturated carbocycles. The Morgan fingerprint density at radius 2 is 1.25 bits per heavy atom. The number of carboxylic acids is 5. The predicted octanol–water partition coefficient (Wildman–Crippen LogP) is -0.974. The number of nitrogens with two attached hydrogens (primary N) is 1. The number of nitrogens with one attached hydrogen (secondary N) is 2. The number of aliphatic carboxylic acids is 5. The van der Waals surface area contributed by atoms with Gasteiger partial charge in [0.25, 0.3) is 0 Å². The van der Waals surface area contributed by atoms with Gasteiger partial charge in [-0.15, -0.1) is 0 Å². The molecular weight excluding hydrogens is 650 g/mol. The lowest BCUT2D eigenvalue weighted by Gasteiger charge is -2.37. The Morgan fingerprint density at radius 1 is 0.750 bits per heavy atom. The smallest absolute Gasteiger partial charge is 0.320 e. The molecule has 18 heteroatoms. The lowest BCUT2D eigenvalue weighted by Crippen LogP contribution is -2.53. The minimum Gasteiger partial charge on any atom is -0.480 e. The Morgan fingerprint density at radius 3 is 1.77 bits per heavy atom. The van der Waals surface area contributed by atoms with E-state index < -0.39 is 41.9 Å². The Hall–Kier alpha value is -3.94. The third-order valence-electron chi connectivity index (χ3n) is 7.80. The number of anilines is 1. The molecule has 9 N–H and O–H groups in total. The van der Waals surface area contributed by atoms with Crippen LogP contribution in [0, 0.1) is 0 Å². The maximum Gasteiger partial charge on any atom is 0.320 e. The fourth-order valence-electron chi connectivity index (χ4n) is 5.34. The highest BCUT2D eigenvalue weighted by Gasteiger charge is 2.27. The van der Waals surface area contributed by atoms with Crippen molar-refractivity contribution in [3.05, 3.63) is 29.8 Å². The van der Waals surface area contributed by atoms with Crippen molar-refractivity contribution >= 4 is 52.9 Å². The quantitative estimate of drug-likeness (QED) is 0.0720. The molecule has 0 unspecified atom stereocenters. The van der Waals surface area contributed by atoms with Gasteiger partial charge >= 0.3 is 29.8 Å². The molecule has 1 fully saturated rings. The maximum atomic E-state index is 11.9. The van der Waals surface area contributed by atoms with Gasteiger partial charge in [0.1, 0.15) is 6.04 Å². The number of carbonyl (C=O) groups is 5. The Balaban J connectivity index is 2.20. The van der Waals surface area contributed by atoms with Crippen LogP contribution in [0.2, 0.25) is 0 Å². The van der Waals surface area contributed by atoms with Gasteiger partial charge in [-0.3, -0.25) is 43.6 Å². The number of nitrogens with zero attached hydrogens (tertiary/aromatic N) is 4. The van der Waals surface area contributed by atoms with Crippen molar-refractivity contribution in [2.24, 2.45) is 5.73 Å². The van der Waals surface area contributed by atoms with Crippen molar-refractivity contribution in [1.82, 2.24) is 24.9 Å². The molecule has 1 aliphatic rings. The highest BCUT2D eigenvalue weighted by atomic mass is 32.1. The molecule has 1 saturated heterocycles. The van der Waals surface area contributed by atoms with E-state index in [0.717, 1.165) is 5.56 Å². The van der Waals surface area contributed by atoms with Crippen LogP contribution in [0.1, 0.15) is 24.8 Å². The van der Waals surface area contributed by atoms with Gasteiger partial charge in [0.15, 0.2) is 5.11 Å². The number of carboxylic acid groups (broad SMARTS) is 5. The molecule has 48 heavy (non-hydrogen) atoms. The number of benzene rings is 1. The van der Waals surface area contributed by atoms with E-state index in [0.29, 0.717) is 43.0 Å². The fraction of sp³-hybridized carbons (Fsp3) is 0.600. The van der Waals surface area contributed by atoms with Crippen molar-refractivity contribution in [3.8, 4) is 0 Å². The maximum absolute atomic E-state index is 11.9. The summed E-state index contributed by atoms with van der Waals surface area (Å²) in [6.45, 7) is 0.708. The summed E-state index contributed by atoms with van der Waals surface area (Å²) in [7, 11) is 0. The van der Waals surface area contributed by atoms with Gasteiger partial charge in [0.05, 0.1) is 26.2 Å². The number of hydrogen-bond donors (Lipinski definition) is 8. The Kier molecular flexibility index (Phi) is 17.7. The molecule has 2 rings (SSSR count). The van der Waals surface area contributed by atoms with Gasteiger partial charge in [-0.2, -0.15) is 0 Å². The van der Waals surface area contributed by atoms with E-state index in [9.17, 15) is 44.4 Å². The summed E-state index contributed by atoms with van der Waals surface area (Å²) in [5.41, 5.74) is 7.05. The van der Waals surface area contributed by atoms with Crippen molar-refractivity contribution in [2.45, 2.75) is 37.8 Å². The number of rotatable bonds is 17. The summed E-state index contributed by atoms with van der Waals surface area (Å²) in [6, 6.07) is 5.94. The van der Waals surface area contributed by atoms with Crippen LogP contribution in [0.3, 0.4) is 0 Å². The Labute approximate surface area is 284 Å². The molecule has 1 heterocycles. The van der Waals surface area contributed by atoms with Gasteiger partial charge in [0.2, 0.25) is 0 Å². The third kappa shape index (κ3) is 16.8. The molecule has 0 bridgehead atoms. The van der Waals surface area contributed by atoms with Gasteiger partial charge in [-0.1, -0.05) is 12.1 Å². The lowest BCUT2D eigenvalue weighted by atomic mass is 10.0. The molecule has 0 aliphatic carbocycles. The monoisotopic (exact) mass is 697 g/mol. The first-order valence-electron chi connectivity index (χ1n) is 15.6. The normalized spacial score (nSPS) is 18.1. The summed E-state index contributed by atoms with van der Waals surface area (Å²) in [4.78, 5) is 64.3. The Bertz CT molecular complexity index is 1240. The zero-order valence-corrected chi connectivity index (χ0v) is 27.6. The van der Waals surface area contributed by atoms with E-state index >= 15 is 0 Å². The molecule has 0 amide bonds. The standard InChI is InChI=1S/C30H47N7O10S/c31-24(29(46)47)3-1-2-8-32-30(48)33-22-6-4-21(5-7-22)15-23-16-36(19-27(42)43)12-11-34(17-25(38)39)9-10-35(18-26(40)41)13-14-37(23)20-28(44)45/h4-7,23-24H,1-3,8-20,31H2,(H,38,39)(H,40,41)(H,42,43)(H,44,45)(H,46,47)(H2,32,33,48)/t23-,24+/m1/s1. The van der Waals surface area contributed by atoms with Crippen LogP contribution < -0.4 is 16.4 Å². The van der Waals surface area contributed by atoms with Crippen molar-refractivity contribution in [3.63, 3.8) is 0 Å². The molecule has 1 aromatic carbocycles. The molecule has 0 aromatic heterocycles. The van der Waals surface area contributed by atoms with Crippen LogP contribution in [0.15, 0.2) is 24.3 Å². The average molecular weight is 698 g/mol. The highest BCUT2D eigenvalue weighted by molar-refractivity contribution is 7.80. The van der Waals surface area contributed by atoms with Crippen molar-refractivity contribution < 1.29 is 49.5 Å². The topological polar surface area (TPSA) is 250 Å². The van der Waals surface area contributed by atoms with Crippen LogP contribution in [0.25, 0.3) is 0 Å². The SMILES string of the molecule is N[C@@H](CCCCNC(=S)Nc1ccc(C[C@@H]2CN(CC(=O)O)CCN(CC(=O)O)CCN(CC(=O)O)CCN2CC(=O)O)cc1)C(=O)O. The zero-order valence-electron chi connectivity index (χ0n) is 26.8. The van der Waals surface area contributed by atoms with Crippen LogP contribution in [-0.2, 0) is 30.4 Å². The molecule has 1 aliphatic heterocycles. The van der Waals surface area contributed by atoms with E-state index in [1.165, 1.54) is 0 Å². The van der Waals surface area contributed by atoms with E-state index in [-0.39, 0.29) is 72.0 Å². The minimum atomic E-state index is -1.08. The fourth-order valence-corrected chi connectivity index (χ4v) is 5.56. The highest BCUT2D eigenvalue weighted by Crippen LogP contribution is 2.16. The second-order valence-electron chi connectivity index (χ2n) is 11.7. The molecule has 1 aromatic rings. The van der Waals surface area contributed by atoms with Gasteiger partial charge in [0, 0.05) is 64.1 Å². The lowest BCUT2D eigenvalue weighted by molar-refractivity contribution is -0.142. The molecule has 2 atom stereocenters. The van der Waals surface area contributed by atoms with Gasteiger partial charge in [-0.25, -0.2) is 0 Å². The van der Waals surface area contributed by atoms with Crippen LogP contribution >= 0.6 is 12.2 Å². The van der Waals surface area contributed by atoms with Gasteiger partial charge in [-0.05, 0) is 55.6 Å². The summed E-state index contributed by atoms with van der Waals surface area (Å²) in [6.07, 6.45) is 2.02. The summed E-state index contributed by atoms with van der Waals surface area (Å²) in [5.74, 6) is -5.32. The largest absolute Gasteiger partial charge is 0.480 e. The zero-order chi connectivity index (χ0) is 35.6. The number of hydrogen-bond acceptors (Lipinski definition) is 11. The van der Waals surface area contributed by atoms with E-state index in [4.69, 9.17) is 23.1 Å². The van der Waals surface area contributed by atoms with Crippen molar-refractivity contribution in [1.29, 1.82) is 0 Å². The van der Waals surface area contributed by atoms with E-state index in [1.54, 1.807) is 31.7 Å². The van der Waals surface area contributed by atoms with E-state index in [1.807, 2.05) is 12.1 Å². The second-order valence-corrected chi connectivity index (χ2v) is 12.1. The second kappa shape index (κ2) is 21.1. The summed E-state index contributed by atoms with van der Waals surface area (Å²) < 4.78 is 0. The van der Waals surface area contributed by atoms with Crippen LogP contribution in [0.4, 0.5) is 5.69 Å². The molecule has 0 radical (unpaired) electrons. The summed E-state index contributed by atoms with van der Waals surface area (Å²) in [5, 5.41) is 53.6. The van der Waals surface area contributed by atoms with Crippen LogP contribution in [0.5, 0.6) is 0 Å². The molecule has 268 valence electrons. The third-order valence-corrected chi connectivity index (χ3v) is 8.04. The van der Waals surface area contributed by atoms with Crippen LogP contribution in [-0.4, -0.2) is 171 Å². The van der Waals surface area contributed by atoms with Crippen molar-refractivity contribution in [2.75, 3.05) is 83.9 Å². The molecule has 0 spiro atoms. The van der Waals surface area contributed by atoms with Gasteiger partial charge < -0.3 is 41.9 Å². The molecular formula is C30H47N7O10S. The minimum absolute atomic E-state index is 0.171. The van der Waals surface area contributed by atoms with E-state index in [2.05, 4.69) is 10.6 Å². The molecule has 17 nitrogen and oxygen atoms in total. The first kappa shape index (κ1) is 40.2. The summed E-state index contributed by atoms with van der Waals surface area (Å²) >= 11 is 5.35. The predicted molar refractivity (Wildman–Crippen MR) is 179 cm³/mol. The number of thiocarbonyl (C=S) groups is 1. The average Bonchev–Trinajstić information content (AvgIpc) is 2.98.